The molecule has 0 saturated carbocycles. The Hall–Kier alpha value is -1.27. The fraction of sp³-hybridized carbons (Fsp3) is 0. The van der Waals surface area contributed by atoms with Crippen molar-refractivity contribution < 1.29 is 9.53 Å². The van der Waals surface area contributed by atoms with E-state index >= 15 is 0 Å². The Morgan fingerprint density at radius 3 is 2.39 bits per heavy atom. The number of carbonyl (C=O) groups excluding carboxylic acids is 1. The molecule has 0 aliphatic heterocycles. The minimum Gasteiger partial charge on any atom is -0.456 e. The molecule has 1 amide bonds. The minimum atomic E-state index is -0.516. The molecule has 2 rings (SSSR count). The van der Waals surface area contributed by atoms with E-state index in [0.29, 0.717) is 22.1 Å². The molecule has 5 heteroatoms. The predicted octanol–water partition coefficient (Wildman–Crippen LogP) is 3.84. The standard InChI is InChI=1S/C13H9ClINO2/c14-11-7-8(13(16)17)1-6-12(11)18-10-4-2-9(15)3-5-10/h1-7H,(H2,16,17). The molecule has 18 heavy (non-hydrogen) atoms. The summed E-state index contributed by atoms with van der Waals surface area (Å²) in [6.45, 7) is 0. The van der Waals surface area contributed by atoms with Crippen molar-refractivity contribution in [2.75, 3.05) is 0 Å². The highest BCUT2D eigenvalue weighted by Crippen LogP contribution is 2.30. The molecule has 0 fully saturated rings. The molecule has 92 valence electrons. The van der Waals surface area contributed by atoms with Gasteiger partial charge >= 0.3 is 0 Å². The lowest BCUT2D eigenvalue weighted by Crippen LogP contribution is -2.10. The van der Waals surface area contributed by atoms with Gasteiger partial charge in [-0.05, 0) is 65.1 Å². The Morgan fingerprint density at radius 1 is 1.17 bits per heavy atom. The smallest absolute Gasteiger partial charge is 0.248 e. The SMILES string of the molecule is NC(=O)c1ccc(Oc2ccc(I)cc2)c(Cl)c1. The molecule has 2 N–H and O–H groups in total. The van der Waals surface area contributed by atoms with Crippen LogP contribution in [-0.2, 0) is 0 Å². The molecular weight excluding hydrogens is 365 g/mol. The third-order valence-electron chi connectivity index (χ3n) is 2.26. The van der Waals surface area contributed by atoms with Gasteiger partial charge in [-0.2, -0.15) is 0 Å². The Balaban J connectivity index is 2.24. The number of ether oxygens (including phenoxy) is 1. The summed E-state index contributed by atoms with van der Waals surface area (Å²) in [7, 11) is 0. The molecule has 3 nitrogen and oxygen atoms in total. The van der Waals surface area contributed by atoms with Crippen molar-refractivity contribution in [1.29, 1.82) is 0 Å². The second kappa shape index (κ2) is 5.58. The number of nitrogens with two attached hydrogens (primary N) is 1. The lowest BCUT2D eigenvalue weighted by atomic mass is 10.2. The Kier molecular flexibility index (Phi) is 4.08. The number of amides is 1. The molecular formula is C13H9ClINO2. The average molecular weight is 374 g/mol. The van der Waals surface area contributed by atoms with Gasteiger partial charge in [-0.25, -0.2) is 0 Å². The van der Waals surface area contributed by atoms with Crippen LogP contribution in [0, 0.1) is 3.57 Å². The number of rotatable bonds is 3. The molecule has 0 spiro atoms. The summed E-state index contributed by atoms with van der Waals surface area (Å²) in [6, 6.07) is 12.3. The van der Waals surface area contributed by atoms with Crippen molar-refractivity contribution in [3.05, 3.63) is 56.6 Å². The summed E-state index contributed by atoms with van der Waals surface area (Å²) < 4.78 is 6.73. The molecule has 2 aromatic rings. The van der Waals surface area contributed by atoms with Crippen LogP contribution in [0.2, 0.25) is 5.02 Å². The Labute approximate surface area is 123 Å². The van der Waals surface area contributed by atoms with Crippen molar-refractivity contribution in [3.63, 3.8) is 0 Å². The summed E-state index contributed by atoms with van der Waals surface area (Å²) in [5.74, 6) is 0.657. The molecule has 2 aromatic carbocycles. The average Bonchev–Trinajstić information content (AvgIpc) is 2.34. The molecule has 0 radical (unpaired) electrons. The molecule has 0 unspecified atom stereocenters. The molecule has 0 aliphatic carbocycles. The van der Waals surface area contributed by atoms with E-state index in [4.69, 9.17) is 22.1 Å². The van der Waals surface area contributed by atoms with Crippen LogP contribution in [-0.4, -0.2) is 5.91 Å². The Morgan fingerprint density at radius 2 is 1.83 bits per heavy atom. The van der Waals surface area contributed by atoms with E-state index < -0.39 is 5.91 Å². The van der Waals surface area contributed by atoms with Crippen LogP contribution in [0.3, 0.4) is 0 Å². The minimum absolute atomic E-state index is 0.352. The predicted molar refractivity (Wildman–Crippen MR) is 79.2 cm³/mol. The number of halogens is 2. The van der Waals surface area contributed by atoms with Gasteiger partial charge in [-0.1, -0.05) is 11.6 Å². The van der Waals surface area contributed by atoms with Gasteiger partial charge in [0, 0.05) is 9.13 Å². The zero-order valence-corrected chi connectivity index (χ0v) is 12.1. The van der Waals surface area contributed by atoms with Crippen LogP contribution in [0.15, 0.2) is 42.5 Å². The lowest BCUT2D eigenvalue weighted by Gasteiger charge is -2.08. The highest BCUT2D eigenvalue weighted by molar-refractivity contribution is 14.1. The maximum Gasteiger partial charge on any atom is 0.248 e. The largest absolute Gasteiger partial charge is 0.456 e. The van der Waals surface area contributed by atoms with E-state index in [-0.39, 0.29) is 0 Å². The monoisotopic (exact) mass is 373 g/mol. The van der Waals surface area contributed by atoms with Crippen molar-refractivity contribution in [2.45, 2.75) is 0 Å². The van der Waals surface area contributed by atoms with E-state index in [1.54, 1.807) is 12.1 Å². The zero-order chi connectivity index (χ0) is 13.1. The first kappa shape index (κ1) is 13.2. The third-order valence-corrected chi connectivity index (χ3v) is 3.27. The number of hydrogen-bond donors (Lipinski definition) is 1. The van der Waals surface area contributed by atoms with Gasteiger partial charge in [0.05, 0.1) is 5.02 Å². The van der Waals surface area contributed by atoms with Crippen molar-refractivity contribution in [1.82, 2.24) is 0 Å². The van der Waals surface area contributed by atoms with E-state index in [9.17, 15) is 4.79 Å². The maximum absolute atomic E-state index is 11.0. The first-order chi connectivity index (χ1) is 8.56. The summed E-state index contributed by atoms with van der Waals surface area (Å²) >= 11 is 8.23. The molecule has 0 aliphatic rings. The molecule has 0 atom stereocenters. The fourth-order valence-electron chi connectivity index (χ4n) is 1.37. The topological polar surface area (TPSA) is 52.3 Å². The van der Waals surface area contributed by atoms with Crippen LogP contribution < -0.4 is 10.5 Å². The van der Waals surface area contributed by atoms with Crippen molar-refractivity contribution in [3.8, 4) is 11.5 Å². The normalized spacial score (nSPS) is 10.1. The van der Waals surface area contributed by atoms with Crippen LogP contribution >= 0.6 is 34.2 Å². The van der Waals surface area contributed by atoms with E-state index in [0.717, 1.165) is 3.57 Å². The maximum atomic E-state index is 11.0. The molecule has 0 bridgehead atoms. The van der Waals surface area contributed by atoms with Crippen LogP contribution in [0.1, 0.15) is 10.4 Å². The second-order valence-electron chi connectivity index (χ2n) is 3.57. The van der Waals surface area contributed by atoms with Crippen LogP contribution in [0.25, 0.3) is 0 Å². The lowest BCUT2D eigenvalue weighted by molar-refractivity contribution is 0.100. The second-order valence-corrected chi connectivity index (χ2v) is 5.22. The Bertz CT molecular complexity index is 584. The highest BCUT2D eigenvalue weighted by Gasteiger charge is 2.07. The summed E-state index contributed by atoms with van der Waals surface area (Å²) in [5, 5.41) is 0.352. The van der Waals surface area contributed by atoms with Gasteiger partial charge in [0.2, 0.25) is 5.91 Å². The number of hydrogen-bond acceptors (Lipinski definition) is 2. The van der Waals surface area contributed by atoms with Gasteiger partial charge in [0.1, 0.15) is 11.5 Å². The van der Waals surface area contributed by atoms with Crippen LogP contribution in [0.4, 0.5) is 0 Å². The first-order valence-corrected chi connectivity index (χ1v) is 6.55. The molecule has 0 heterocycles. The van der Waals surface area contributed by atoms with Crippen molar-refractivity contribution >= 4 is 40.1 Å². The van der Waals surface area contributed by atoms with Gasteiger partial charge in [0.25, 0.3) is 0 Å². The van der Waals surface area contributed by atoms with Crippen molar-refractivity contribution in [2.24, 2.45) is 5.73 Å². The number of primary amides is 1. The van der Waals surface area contributed by atoms with Gasteiger partial charge < -0.3 is 10.5 Å². The van der Waals surface area contributed by atoms with Crippen LogP contribution in [0.5, 0.6) is 11.5 Å². The quantitative estimate of drug-likeness (QED) is 0.831. The molecule has 0 aromatic heterocycles. The van der Waals surface area contributed by atoms with E-state index in [1.807, 2.05) is 24.3 Å². The fourth-order valence-corrected chi connectivity index (χ4v) is 1.95. The highest BCUT2D eigenvalue weighted by atomic mass is 127. The summed E-state index contributed by atoms with van der Waals surface area (Å²) in [5.41, 5.74) is 5.52. The van der Waals surface area contributed by atoms with E-state index in [1.165, 1.54) is 6.07 Å². The number of benzene rings is 2. The summed E-state index contributed by atoms with van der Waals surface area (Å²) in [6.07, 6.45) is 0. The van der Waals surface area contributed by atoms with E-state index in [2.05, 4.69) is 22.6 Å². The zero-order valence-electron chi connectivity index (χ0n) is 9.19. The number of carbonyl (C=O) groups is 1. The molecule has 0 saturated heterocycles. The third kappa shape index (κ3) is 3.14. The van der Waals surface area contributed by atoms with Gasteiger partial charge in [-0.15, -0.1) is 0 Å². The first-order valence-electron chi connectivity index (χ1n) is 5.09. The summed E-state index contributed by atoms with van der Waals surface area (Å²) in [4.78, 5) is 11.0. The van der Waals surface area contributed by atoms with Gasteiger partial charge in [0.15, 0.2) is 0 Å². The van der Waals surface area contributed by atoms with Gasteiger partial charge in [-0.3, -0.25) is 4.79 Å².